The number of nitrogen functional groups attached to an aromatic ring is 2. The third kappa shape index (κ3) is 1.84. The Kier molecular flexibility index (Phi) is 2.81. The highest BCUT2D eigenvalue weighted by Crippen LogP contribution is 2.49. The number of nitrogens with zero attached hydrogens (tertiary/aromatic N) is 2. The van der Waals surface area contributed by atoms with Crippen LogP contribution in [0, 0.1) is 0 Å². The van der Waals surface area contributed by atoms with E-state index in [4.69, 9.17) is 23.1 Å². The van der Waals surface area contributed by atoms with Gasteiger partial charge in [-0.3, -0.25) is 0 Å². The lowest BCUT2D eigenvalue weighted by atomic mass is 9.92. The van der Waals surface area contributed by atoms with E-state index in [2.05, 4.69) is 16.0 Å². The summed E-state index contributed by atoms with van der Waals surface area (Å²) in [6.07, 6.45) is 0. The first-order valence-electron chi connectivity index (χ1n) is 6.93. The summed E-state index contributed by atoms with van der Waals surface area (Å²) in [7, 11) is 0. The van der Waals surface area contributed by atoms with Crippen LogP contribution >= 0.6 is 11.6 Å². The summed E-state index contributed by atoms with van der Waals surface area (Å²) in [6.45, 7) is 0. The lowest BCUT2D eigenvalue weighted by Gasteiger charge is -2.14. The van der Waals surface area contributed by atoms with E-state index in [0.717, 1.165) is 27.9 Å². The Bertz CT molecular complexity index is 892. The van der Waals surface area contributed by atoms with Gasteiger partial charge in [0, 0.05) is 10.6 Å². The van der Waals surface area contributed by atoms with Crippen molar-refractivity contribution in [3.8, 4) is 11.1 Å². The van der Waals surface area contributed by atoms with E-state index in [9.17, 15) is 0 Å². The van der Waals surface area contributed by atoms with Crippen LogP contribution in [0.5, 0.6) is 0 Å². The average molecular weight is 309 g/mol. The van der Waals surface area contributed by atoms with Gasteiger partial charge < -0.3 is 11.5 Å². The van der Waals surface area contributed by atoms with Crippen LogP contribution in [-0.2, 0) is 0 Å². The van der Waals surface area contributed by atoms with Crippen molar-refractivity contribution in [3.05, 3.63) is 70.4 Å². The number of anilines is 2. The van der Waals surface area contributed by atoms with Crippen molar-refractivity contribution in [1.82, 2.24) is 9.97 Å². The van der Waals surface area contributed by atoms with Gasteiger partial charge in [0.05, 0.1) is 11.6 Å². The second kappa shape index (κ2) is 4.71. The number of rotatable bonds is 1. The normalized spacial score (nSPS) is 15.4. The van der Waals surface area contributed by atoms with Gasteiger partial charge >= 0.3 is 0 Å². The molecular formula is C17H13ClN4. The molecule has 4 N–H and O–H groups in total. The predicted molar refractivity (Wildman–Crippen MR) is 88.7 cm³/mol. The molecule has 0 amide bonds. The van der Waals surface area contributed by atoms with Crippen molar-refractivity contribution in [1.29, 1.82) is 0 Å². The van der Waals surface area contributed by atoms with Gasteiger partial charge in [-0.1, -0.05) is 48.0 Å². The molecule has 0 saturated heterocycles. The molecule has 0 spiro atoms. The largest absolute Gasteiger partial charge is 0.383 e. The van der Waals surface area contributed by atoms with E-state index < -0.39 is 0 Å². The third-order valence-electron chi connectivity index (χ3n) is 3.98. The van der Waals surface area contributed by atoms with Crippen LogP contribution in [0.1, 0.15) is 22.7 Å². The molecule has 0 bridgehead atoms. The maximum Gasteiger partial charge on any atom is 0.222 e. The summed E-state index contributed by atoms with van der Waals surface area (Å²) >= 11 is 6.16. The first-order valence-corrected chi connectivity index (χ1v) is 7.30. The fraction of sp³-hybridized carbons (Fsp3) is 0.0588. The minimum atomic E-state index is -0.0301. The van der Waals surface area contributed by atoms with E-state index in [-0.39, 0.29) is 11.9 Å². The van der Waals surface area contributed by atoms with Gasteiger partial charge in [0.25, 0.3) is 0 Å². The second-order valence-corrected chi connectivity index (χ2v) is 5.74. The highest BCUT2D eigenvalue weighted by atomic mass is 35.5. The van der Waals surface area contributed by atoms with Crippen molar-refractivity contribution in [2.75, 3.05) is 11.5 Å². The van der Waals surface area contributed by atoms with E-state index in [0.29, 0.717) is 10.8 Å². The van der Waals surface area contributed by atoms with Gasteiger partial charge in [-0.2, -0.15) is 4.98 Å². The average Bonchev–Trinajstić information content (AvgIpc) is 2.81. The van der Waals surface area contributed by atoms with E-state index in [1.54, 1.807) is 0 Å². The molecule has 4 nitrogen and oxygen atoms in total. The highest BCUT2D eigenvalue weighted by molar-refractivity contribution is 6.30. The molecule has 1 aliphatic carbocycles. The summed E-state index contributed by atoms with van der Waals surface area (Å²) in [4.78, 5) is 8.57. The number of fused-ring (bicyclic) bond motifs is 3. The molecule has 3 aromatic rings. The number of benzene rings is 2. The van der Waals surface area contributed by atoms with Crippen LogP contribution in [0.25, 0.3) is 11.1 Å². The molecule has 5 heteroatoms. The second-order valence-electron chi connectivity index (χ2n) is 5.30. The van der Waals surface area contributed by atoms with Gasteiger partial charge in [0.2, 0.25) is 5.95 Å². The Morgan fingerprint density at radius 1 is 0.955 bits per heavy atom. The Labute approximate surface area is 132 Å². The Morgan fingerprint density at radius 2 is 1.77 bits per heavy atom. The minimum absolute atomic E-state index is 0.0301. The van der Waals surface area contributed by atoms with E-state index >= 15 is 0 Å². The van der Waals surface area contributed by atoms with Gasteiger partial charge in [-0.15, -0.1) is 0 Å². The quantitative estimate of drug-likeness (QED) is 0.564. The topological polar surface area (TPSA) is 77.8 Å². The molecule has 0 radical (unpaired) electrons. The number of halogens is 1. The van der Waals surface area contributed by atoms with Gasteiger partial charge in [0.1, 0.15) is 5.82 Å². The van der Waals surface area contributed by atoms with E-state index in [1.165, 1.54) is 0 Å². The van der Waals surface area contributed by atoms with Crippen molar-refractivity contribution in [2.24, 2.45) is 0 Å². The number of hydrogen-bond acceptors (Lipinski definition) is 4. The molecule has 0 fully saturated rings. The molecule has 1 aromatic heterocycles. The van der Waals surface area contributed by atoms with Crippen LogP contribution in [0.3, 0.4) is 0 Å². The zero-order chi connectivity index (χ0) is 15.3. The van der Waals surface area contributed by atoms with Gasteiger partial charge in [-0.05, 0) is 28.8 Å². The standard InChI is InChI=1S/C17H13ClN4/c18-10-5-3-4-9(8-10)13-11-6-1-2-7-12(11)14-15(13)21-17(20)22-16(14)19/h1-8,13H,(H4,19,20,21,22). The molecule has 0 aliphatic heterocycles. The smallest absolute Gasteiger partial charge is 0.222 e. The molecule has 1 aliphatic rings. The summed E-state index contributed by atoms with van der Waals surface area (Å²) in [5.41, 5.74) is 16.9. The summed E-state index contributed by atoms with van der Waals surface area (Å²) in [5, 5.41) is 0.693. The van der Waals surface area contributed by atoms with Crippen molar-refractivity contribution in [2.45, 2.75) is 5.92 Å². The minimum Gasteiger partial charge on any atom is -0.383 e. The fourth-order valence-electron chi connectivity index (χ4n) is 3.15. The monoisotopic (exact) mass is 308 g/mol. The van der Waals surface area contributed by atoms with E-state index in [1.807, 2.05) is 42.5 Å². The fourth-order valence-corrected chi connectivity index (χ4v) is 3.35. The van der Waals surface area contributed by atoms with Crippen LogP contribution in [-0.4, -0.2) is 9.97 Å². The van der Waals surface area contributed by atoms with Crippen molar-refractivity contribution in [3.63, 3.8) is 0 Å². The number of hydrogen-bond donors (Lipinski definition) is 2. The Morgan fingerprint density at radius 3 is 2.59 bits per heavy atom. The van der Waals surface area contributed by atoms with Crippen LogP contribution < -0.4 is 11.5 Å². The van der Waals surface area contributed by atoms with Gasteiger partial charge in [-0.25, -0.2) is 4.98 Å². The molecule has 2 aromatic carbocycles. The highest BCUT2D eigenvalue weighted by Gasteiger charge is 2.33. The van der Waals surface area contributed by atoms with Crippen LogP contribution in [0.2, 0.25) is 5.02 Å². The Hall–Kier alpha value is -2.59. The third-order valence-corrected chi connectivity index (χ3v) is 4.21. The molecule has 1 unspecified atom stereocenters. The molecular weight excluding hydrogens is 296 g/mol. The first kappa shape index (κ1) is 13.1. The first-order chi connectivity index (χ1) is 10.6. The van der Waals surface area contributed by atoms with Crippen molar-refractivity contribution >= 4 is 23.4 Å². The number of aromatic nitrogens is 2. The lowest BCUT2D eigenvalue weighted by molar-refractivity contribution is 0.947. The van der Waals surface area contributed by atoms with Gasteiger partial charge in [0.15, 0.2) is 0 Å². The maximum absolute atomic E-state index is 6.16. The molecule has 0 saturated carbocycles. The summed E-state index contributed by atoms with van der Waals surface area (Å²) in [6, 6.07) is 15.9. The SMILES string of the molecule is Nc1nc(N)c2c(n1)C(c1cccc(Cl)c1)c1ccccc1-2. The molecule has 1 heterocycles. The molecule has 108 valence electrons. The summed E-state index contributed by atoms with van der Waals surface area (Å²) < 4.78 is 0. The van der Waals surface area contributed by atoms with Crippen molar-refractivity contribution < 1.29 is 0 Å². The van der Waals surface area contributed by atoms with Crippen LogP contribution in [0.15, 0.2) is 48.5 Å². The molecule has 22 heavy (non-hydrogen) atoms. The zero-order valence-electron chi connectivity index (χ0n) is 11.6. The maximum atomic E-state index is 6.16. The molecule has 1 atom stereocenters. The zero-order valence-corrected chi connectivity index (χ0v) is 12.4. The lowest BCUT2D eigenvalue weighted by Crippen LogP contribution is -2.07. The Balaban J connectivity index is 2.05. The number of nitrogens with two attached hydrogens (primary N) is 2. The van der Waals surface area contributed by atoms with Crippen LogP contribution in [0.4, 0.5) is 11.8 Å². The predicted octanol–water partition coefficient (Wildman–Crippen LogP) is 3.46. The summed E-state index contributed by atoms with van der Waals surface area (Å²) in [5.74, 6) is 0.577. The molecule has 4 rings (SSSR count).